The minimum Gasteiger partial charge on any atom is -0.206 e. The van der Waals surface area contributed by atoms with E-state index >= 15 is 0 Å². The summed E-state index contributed by atoms with van der Waals surface area (Å²) in [7, 11) is 0. The first-order valence-electron chi connectivity index (χ1n) is 5.83. The van der Waals surface area contributed by atoms with Crippen LogP contribution in [0.25, 0.3) is 5.57 Å². The van der Waals surface area contributed by atoms with Crippen molar-refractivity contribution in [2.75, 3.05) is 0 Å². The molecule has 0 aliphatic carbocycles. The molecule has 0 bridgehead atoms. The van der Waals surface area contributed by atoms with Crippen molar-refractivity contribution in [2.45, 2.75) is 13.3 Å². The minimum absolute atomic E-state index is 0.931. The van der Waals surface area contributed by atoms with Gasteiger partial charge in [-0.05, 0) is 30.0 Å². The van der Waals surface area contributed by atoms with Crippen molar-refractivity contribution in [2.24, 2.45) is 4.99 Å². The van der Waals surface area contributed by atoms with Crippen LogP contribution in [-0.4, -0.2) is 5.87 Å². The molecule has 2 aromatic carbocycles. The van der Waals surface area contributed by atoms with Crippen LogP contribution < -0.4 is 0 Å². The standard InChI is InChI=1S/C16H15N/c1-2-14(15-9-5-3-6-10-15)13-17-16-11-7-4-8-12-16/h3-12H,2H2,1H3. The van der Waals surface area contributed by atoms with Crippen molar-refractivity contribution in [3.63, 3.8) is 0 Å². The zero-order chi connectivity index (χ0) is 11.9. The Balaban J connectivity index is 2.34. The summed E-state index contributed by atoms with van der Waals surface area (Å²) in [6.45, 7) is 2.12. The molecule has 2 aromatic rings. The van der Waals surface area contributed by atoms with E-state index in [1.807, 2.05) is 48.5 Å². The van der Waals surface area contributed by atoms with Crippen molar-refractivity contribution in [3.8, 4) is 0 Å². The Morgan fingerprint density at radius 3 is 2.12 bits per heavy atom. The summed E-state index contributed by atoms with van der Waals surface area (Å²) in [6, 6.07) is 20.2. The fourth-order valence-electron chi connectivity index (χ4n) is 1.62. The van der Waals surface area contributed by atoms with E-state index in [2.05, 4.69) is 29.9 Å². The predicted octanol–water partition coefficient (Wildman–Crippen LogP) is 4.48. The Morgan fingerprint density at radius 2 is 1.53 bits per heavy atom. The van der Waals surface area contributed by atoms with Gasteiger partial charge in [0.15, 0.2) is 0 Å². The Labute approximate surface area is 102 Å². The van der Waals surface area contributed by atoms with Crippen molar-refractivity contribution < 1.29 is 0 Å². The molecule has 0 aromatic heterocycles. The predicted molar refractivity (Wildman–Crippen MR) is 73.7 cm³/mol. The third kappa shape index (κ3) is 3.17. The number of hydrogen-bond donors (Lipinski definition) is 0. The van der Waals surface area contributed by atoms with E-state index in [4.69, 9.17) is 0 Å². The molecule has 17 heavy (non-hydrogen) atoms. The molecular weight excluding hydrogens is 206 g/mol. The summed E-state index contributed by atoms with van der Waals surface area (Å²) in [5.74, 6) is 3.14. The van der Waals surface area contributed by atoms with Gasteiger partial charge in [0, 0.05) is 5.57 Å². The average molecular weight is 221 g/mol. The first-order chi connectivity index (χ1) is 8.40. The molecule has 1 nitrogen and oxygen atoms in total. The lowest BCUT2D eigenvalue weighted by Gasteiger charge is -1.99. The summed E-state index contributed by atoms with van der Waals surface area (Å²) in [6.07, 6.45) is 0.931. The number of nitrogens with zero attached hydrogens (tertiary/aromatic N) is 1. The third-order valence-corrected chi connectivity index (χ3v) is 2.55. The molecule has 0 radical (unpaired) electrons. The first kappa shape index (κ1) is 11.4. The highest BCUT2D eigenvalue weighted by atomic mass is 14.7. The molecule has 0 spiro atoms. The molecule has 0 aliphatic rings. The number of allylic oxidation sites excluding steroid dienone is 1. The van der Waals surface area contributed by atoms with Crippen LogP contribution in [0.4, 0.5) is 5.69 Å². The lowest BCUT2D eigenvalue weighted by atomic mass is 10.1. The molecule has 0 aliphatic heterocycles. The smallest absolute Gasteiger partial charge is 0.0729 e. The monoisotopic (exact) mass is 221 g/mol. The molecule has 0 atom stereocenters. The highest BCUT2D eigenvalue weighted by molar-refractivity contribution is 5.90. The van der Waals surface area contributed by atoms with Crippen LogP contribution in [0.3, 0.4) is 0 Å². The maximum atomic E-state index is 4.37. The molecule has 0 saturated heterocycles. The van der Waals surface area contributed by atoms with Crippen LogP contribution in [0.1, 0.15) is 18.9 Å². The zero-order valence-electron chi connectivity index (χ0n) is 9.93. The van der Waals surface area contributed by atoms with E-state index in [9.17, 15) is 0 Å². The van der Waals surface area contributed by atoms with E-state index in [-0.39, 0.29) is 0 Å². The number of aliphatic imine (C=N–C) groups is 1. The van der Waals surface area contributed by atoms with Gasteiger partial charge in [0.2, 0.25) is 0 Å². The van der Waals surface area contributed by atoms with Gasteiger partial charge in [-0.2, -0.15) is 0 Å². The summed E-state index contributed by atoms with van der Waals surface area (Å²) in [5, 5.41) is 0. The van der Waals surface area contributed by atoms with Crippen molar-refractivity contribution in [1.82, 2.24) is 0 Å². The SMILES string of the molecule is CCC(=C=Nc1ccccc1)c1ccccc1. The number of rotatable bonds is 3. The van der Waals surface area contributed by atoms with Gasteiger partial charge in [0.05, 0.1) is 5.69 Å². The topological polar surface area (TPSA) is 12.4 Å². The molecule has 0 amide bonds. The van der Waals surface area contributed by atoms with Gasteiger partial charge in [-0.25, -0.2) is 4.99 Å². The second kappa shape index (κ2) is 5.83. The van der Waals surface area contributed by atoms with Crippen molar-refractivity contribution in [1.29, 1.82) is 0 Å². The van der Waals surface area contributed by atoms with Crippen LogP contribution in [0.15, 0.2) is 65.7 Å². The number of benzene rings is 2. The first-order valence-corrected chi connectivity index (χ1v) is 5.83. The van der Waals surface area contributed by atoms with Crippen LogP contribution in [0.5, 0.6) is 0 Å². The molecule has 0 saturated carbocycles. The number of para-hydroxylation sites is 1. The summed E-state index contributed by atoms with van der Waals surface area (Å²) < 4.78 is 0. The van der Waals surface area contributed by atoms with Crippen LogP contribution in [-0.2, 0) is 0 Å². The summed E-state index contributed by atoms with van der Waals surface area (Å²) in [4.78, 5) is 4.37. The van der Waals surface area contributed by atoms with E-state index in [0.717, 1.165) is 17.7 Å². The van der Waals surface area contributed by atoms with E-state index in [1.54, 1.807) is 0 Å². The third-order valence-electron chi connectivity index (χ3n) is 2.55. The Morgan fingerprint density at radius 1 is 0.941 bits per heavy atom. The van der Waals surface area contributed by atoms with Gasteiger partial charge in [-0.1, -0.05) is 55.5 Å². The second-order valence-electron chi connectivity index (χ2n) is 3.76. The second-order valence-corrected chi connectivity index (χ2v) is 3.76. The van der Waals surface area contributed by atoms with Crippen LogP contribution in [0, 0.1) is 0 Å². The Bertz CT molecular complexity index is 520. The summed E-state index contributed by atoms with van der Waals surface area (Å²) >= 11 is 0. The fraction of sp³-hybridized carbons (Fsp3) is 0.125. The van der Waals surface area contributed by atoms with Gasteiger partial charge < -0.3 is 0 Å². The molecule has 2 rings (SSSR count). The molecule has 1 heteroatoms. The zero-order valence-corrected chi connectivity index (χ0v) is 9.93. The van der Waals surface area contributed by atoms with Gasteiger partial charge >= 0.3 is 0 Å². The molecule has 0 fully saturated rings. The van der Waals surface area contributed by atoms with Crippen LogP contribution in [0.2, 0.25) is 0 Å². The molecule has 0 unspecified atom stereocenters. The molecular formula is C16H15N. The van der Waals surface area contributed by atoms with Crippen LogP contribution >= 0.6 is 0 Å². The van der Waals surface area contributed by atoms with E-state index < -0.39 is 0 Å². The Hall–Kier alpha value is -2.11. The van der Waals surface area contributed by atoms with Gasteiger partial charge in [0.1, 0.15) is 0 Å². The lowest BCUT2D eigenvalue weighted by molar-refractivity contribution is 1.25. The highest BCUT2D eigenvalue weighted by Gasteiger charge is 1.96. The van der Waals surface area contributed by atoms with E-state index in [1.165, 1.54) is 5.56 Å². The lowest BCUT2D eigenvalue weighted by Crippen LogP contribution is -1.82. The van der Waals surface area contributed by atoms with Crippen molar-refractivity contribution in [3.05, 3.63) is 66.2 Å². The Kier molecular flexibility index (Phi) is 3.90. The molecule has 0 N–H and O–H groups in total. The van der Waals surface area contributed by atoms with Gasteiger partial charge in [-0.3, -0.25) is 0 Å². The highest BCUT2D eigenvalue weighted by Crippen LogP contribution is 2.15. The van der Waals surface area contributed by atoms with E-state index in [0.29, 0.717) is 0 Å². The summed E-state index contributed by atoms with van der Waals surface area (Å²) in [5.41, 5.74) is 3.26. The maximum Gasteiger partial charge on any atom is 0.0729 e. The van der Waals surface area contributed by atoms with Crippen molar-refractivity contribution >= 4 is 17.1 Å². The van der Waals surface area contributed by atoms with Gasteiger partial charge in [0.25, 0.3) is 0 Å². The fourth-order valence-corrected chi connectivity index (χ4v) is 1.62. The molecule has 84 valence electrons. The van der Waals surface area contributed by atoms with Gasteiger partial charge in [-0.15, -0.1) is 0 Å². The minimum atomic E-state index is 0.931. The quantitative estimate of drug-likeness (QED) is 0.677. The molecule has 0 heterocycles. The number of hydrogen-bond acceptors (Lipinski definition) is 1. The normalized spacial score (nSPS) is 9.47. The maximum absolute atomic E-state index is 4.37. The average Bonchev–Trinajstić information content (AvgIpc) is 2.42. The largest absolute Gasteiger partial charge is 0.206 e.